The molecule has 0 aromatic heterocycles. The normalized spacial score (nSPS) is 14.1. The molecular formula is C53H91NO5. The van der Waals surface area contributed by atoms with Crippen LogP contribution in [0, 0.1) is 0 Å². The van der Waals surface area contributed by atoms with Gasteiger partial charge in [-0.15, -0.1) is 0 Å². The van der Waals surface area contributed by atoms with Crippen LogP contribution >= 0.6 is 0 Å². The summed E-state index contributed by atoms with van der Waals surface area (Å²) in [5.41, 5.74) is 0. The number of allylic oxidation sites excluding steroid dienone is 14. The van der Waals surface area contributed by atoms with Crippen molar-refractivity contribution < 1.29 is 24.5 Å². The first-order chi connectivity index (χ1) is 29.0. The van der Waals surface area contributed by atoms with E-state index in [1.807, 2.05) is 48.6 Å². The maximum absolute atomic E-state index is 13.1. The van der Waals surface area contributed by atoms with Crippen LogP contribution in [-0.2, 0) is 14.3 Å². The highest BCUT2D eigenvalue weighted by molar-refractivity contribution is 5.77. The Hall–Kier alpha value is -2.96. The lowest BCUT2D eigenvalue weighted by atomic mass is 10.0. The number of nitrogens with one attached hydrogen (secondary N) is 1. The molecule has 59 heavy (non-hydrogen) atoms. The highest BCUT2D eigenvalue weighted by Crippen LogP contribution is 2.16. The zero-order chi connectivity index (χ0) is 43.1. The fourth-order valence-corrected chi connectivity index (χ4v) is 6.92. The van der Waals surface area contributed by atoms with Crippen LogP contribution in [-0.4, -0.2) is 46.9 Å². The number of amides is 1. The van der Waals surface area contributed by atoms with Crippen molar-refractivity contribution in [3.05, 3.63) is 85.1 Å². The Morgan fingerprint density at radius 1 is 0.508 bits per heavy atom. The molecule has 3 N–H and O–H groups in total. The lowest BCUT2D eigenvalue weighted by Crippen LogP contribution is -2.46. The summed E-state index contributed by atoms with van der Waals surface area (Å²) in [5.74, 6) is -0.584. The minimum Gasteiger partial charge on any atom is -0.462 e. The topological polar surface area (TPSA) is 95.9 Å². The first-order valence-electron chi connectivity index (χ1n) is 24.4. The summed E-state index contributed by atoms with van der Waals surface area (Å²) in [6.45, 7) is 6.28. The van der Waals surface area contributed by atoms with Crippen molar-refractivity contribution in [2.75, 3.05) is 6.61 Å². The predicted octanol–water partition coefficient (Wildman–Crippen LogP) is 14.4. The van der Waals surface area contributed by atoms with Crippen molar-refractivity contribution in [3.8, 4) is 0 Å². The van der Waals surface area contributed by atoms with Crippen molar-refractivity contribution in [3.63, 3.8) is 0 Å². The summed E-state index contributed by atoms with van der Waals surface area (Å²) in [5, 5.41) is 23.6. The molecular weight excluding hydrogens is 731 g/mol. The van der Waals surface area contributed by atoms with Gasteiger partial charge in [-0.2, -0.15) is 0 Å². The van der Waals surface area contributed by atoms with Gasteiger partial charge in [0.1, 0.15) is 6.10 Å². The minimum absolute atomic E-state index is 0.0139. The monoisotopic (exact) mass is 822 g/mol. The average molecular weight is 822 g/mol. The summed E-state index contributed by atoms with van der Waals surface area (Å²) in [4.78, 5) is 26.0. The van der Waals surface area contributed by atoms with E-state index in [1.54, 1.807) is 0 Å². The number of aliphatic hydroxyl groups is 2. The Morgan fingerprint density at radius 3 is 1.44 bits per heavy atom. The van der Waals surface area contributed by atoms with Crippen LogP contribution in [0.1, 0.15) is 213 Å². The molecule has 0 aliphatic carbocycles. The Balaban J connectivity index is 4.75. The van der Waals surface area contributed by atoms with Gasteiger partial charge in [0.25, 0.3) is 0 Å². The summed E-state index contributed by atoms with van der Waals surface area (Å²) >= 11 is 0. The van der Waals surface area contributed by atoms with E-state index in [2.05, 4.69) is 62.5 Å². The van der Waals surface area contributed by atoms with E-state index in [-0.39, 0.29) is 24.9 Å². The summed E-state index contributed by atoms with van der Waals surface area (Å²) in [6, 6.07) is -0.733. The van der Waals surface area contributed by atoms with Crippen molar-refractivity contribution >= 4 is 11.9 Å². The van der Waals surface area contributed by atoms with Gasteiger partial charge >= 0.3 is 5.97 Å². The van der Waals surface area contributed by atoms with Crippen molar-refractivity contribution in [1.82, 2.24) is 5.32 Å². The third kappa shape index (κ3) is 41.6. The second-order valence-corrected chi connectivity index (χ2v) is 16.3. The highest BCUT2D eigenvalue weighted by atomic mass is 16.5. The van der Waals surface area contributed by atoms with E-state index < -0.39 is 18.2 Å². The molecule has 338 valence electrons. The number of hydrogen-bond acceptors (Lipinski definition) is 5. The number of hydrogen-bond donors (Lipinski definition) is 3. The molecule has 0 bridgehead atoms. The minimum atomic E-state index is -0.814. The van der Waals surface area contributed by atoms with E-state index in [9.17, 15) is 19.8 Å². The number of aliphatic hydroxyl groups excluding tert-OH is 2. The fraction of sp³-hybridized carbons (Fsp3) is 0.698. The lowest BCUT2D eigenvalue weighted by molar-refractivity contribution is -0.151. The molecule has 0 fully saturated rings. The molecule has 1 amide bonds. The molecule has 0 saturated carbocycles. The van der Waals surface area contributed by atoms with Crippen molar-refractivity contribution in [1.29, 1.82) is 0 Å². The second-order valence-electron chi connectivity index (χ2n) is 16.3. The molecule has 6 heteroatoms. The molecule has 3 unspecified atom stereocenters. The molecule has 3 atom stereocenters. The zero-order valence-electron chi connectivity index (χ0n) is 38.4. The van der Waals surface area contributed by atoms with Crippen molar-refractivity contribution in [2.45, 2.75) is 232 Å². The summed E-state index contributed by atoms with van der Waals surface area (Å²) < 4.78 is 5.87. The fourth-order valence-electron chi connectivity index (χ4n) is 6.92. The first-order valence-corrected chi connectivity index (χ1v) is 24.4. The van der Waals surface area contributed by atoms with Gasteiger partial charge in [0.05, 0.1) is 25.2 Å². The number of carbonyl (C=O) groups excluding carboxylic acids is 2. The molecule has 0 heterocycles. The van der Waals surface area contributed by atoms with E-state index in [4.69, 9.17) is 4.74 Å². The summed E-state index contributed by atoms with van der Waals surface area (Å²) in [6.07, 6.45) is 59.3. The number of esters is 1. The van der Waals surface area contributed by atoms with Gasteiger partial charge < -0.3 is 20.3 Å². The van der Waals surface area contributed by atoms with Crippen LogP contribution in [0.25, 0.3) is 0 Å². The molecule has 0 rings (SSSR count). The van der Waals surface area contributed by atoms with Crippen LogP contribution in [0.5, 0.6) is 0 Å². The third-order valence-corrected chi connectivity index (χ3v) is 10.6. The Kier molecular flexibility index (Phi) is 43.8. The molecule has 0 saturated heterocycles. The van der Waals surface area contributed by atoms with E-state index in [0.717, 1.165) is 70.6 Å². The second kappa shape index (κ2) is 46.1. The van der Waals surface area contributed by atoms with Gasteiger partial charge in [0, 0.05) is 6.42 Å². The SMILES string of the molecule is CC/C=C/C=C/C=C\C=C/C=C/CCCC(CC(=O)NC(CO)C(O)CCCCCCCCCCCCC)OC(=O)CCCCC/C=C/C=C/CCCCCCCCC. The molecule has 0 aliphatic rings. The smallest absolute Gasteiger partial charge is 0.306 e. The van der Waals surface area contributed by atoms with Crippen LogP contribution < -0.4 is 5.32 Å². The molecule has 0 aromatic rings. The molecule has 0 spiro atoms. The Morgan fingerprint density at radius 2 is 0.932 bits per heavy atom. The van der Waals surface area contributed by atoms with E-state index >= 15 is 0 Å². The van der Waals surface area contributed by atoms with Crippen LogP contribution in [0.2, 0.25) is 0 Å². The first kappa shape index (κ1) is 56.0. The highest BCUT2D eigenvalue weighted by Gasteiger charge is 2.24. The van der Waals surface area contributed by atoms with Gasteiger partial charge in [-0.3, -0.25) is 9.59 Å². The molecule has 0 aromatic carbocycles. The molecule has 0 aliphatic heterocycles. The maximum atomic E-state index is 13.1. The number of ether oxygens (including phenoxy) is 1. The van der Waals surface area contributed by atoms with Gasteiger partial charge in [0.2, 0.25) is 5.91 Å². The number of rotatable bonds is 42. The average Bonchev–Trinajstić information content (AvgIpc) is 3.23. The van der Waals surface area contributed by atoms with Crippen LogP contribution in [0.15, 0.2) is 85.1 Å². The van der Waals surface area contributed by atoms with E-state index in [1.165, 1.54) is 96.3 Å². The van der Waals surface area contributed by atoms with Gasteiger partial charge in [-0.25, -0.2) is 0 Å². The maximum Gasteiger partial charge on any atom is 0.306 e. The molecule has 6 nitrogen and oxygen atoms in total. The van der Waals surface area contributed by atoms with Gasteiger partial charge in [-0.1, -0.05) is 221 Å². The lowest BCUT2D eigenvalue weighted by Gasteiger charge is -2.24. The number of unbranched alkanes of at least 4 members (excludes halogenated alkanes) is 21. The Bertz CT molecular complexity index is 1150. The quantitative estimate of drug-likeness (QED) is 0.0324. The molecule has 0 radical (unpaired) electrons. The van der Waals surface area contributed by atoms with Crippen LogP contribution in [0.3, 0.4) is 0 Å². The van der Waals surface area contributed by atoms with Gasteiger partial charge in [-0.05, 0) is 64.2 Å². The number of carbonyl (C=O) groups is 2. The van der Waals surface area contributed by atoms with Crippen LogP contribution in [0.4, 0.5) is 0 Å². The zero-order valence-corrected chi connectivity index (χ0v) is 38.4. The predicted molar refractivity (Wildman–Crippen MR) is 254 cm³/mol. The third-order valence-electron chi connectivity index (χ3n) is 10.6. The van der Waals surface area contributed by atoms with Crippen molar-refractivity contribution in [2.24, 2.45) is 0 Å². The largest absolute Gasteiger partial charge is 0.462 e. The Labute approximate surface area is 363 Å². The van der Waals surface area contributed by atoms with E-state index in [0.29, 0.717) is 19.3 Å². The summed E-state index contributed by atoms with van der Waals surface area (Å²) in [7, 11) is 0. The van der Waals surface area contributed by atoms with Gasteiger partial charge in [0.15, 0.2) is 0 Å². The standard InChI is InChI=1S/C53H91NO5/c1-4-7-10-13-16-19-22-24-25-26-28-31-34-37-40-43-46-53(58)59-49(44-41-38-35-32-30-27-23-20-17-14-11-8-5-2)47-52(57)54-50(48-55)51(56)45-42-39-36-33-29-21-18-15-12-9-6-3/h8,11,14,17,20,23,25-28,30-32,35,49-51,55-56H,4-7,9-10,12-13,15-16,18-19,21-22,24,29,33-34,36-48H2,1-3H3,(H,54,57)/b11-8+,17-14+,23-20-,26-25+,30-27-,31-28+,35-32+.